The summed E-state index contributed by atoms with van der Waals surface area (Å²) < 4.78 is 4.54. The minimum atomic E-state index is -0.529. The molecule has 0 atom stereocenters. The van der Waals surface area contributed by atoms with Gasteiger partial charge in [-0.1, -0.05) is 12.1 Å². The van der Waals surface area contributed by atoms with Crippen molar-refractivity contribution >= 4 is 29.2 Å². The molecule has 0 aromatic heterocycles. The maximum absolute atomic E-state index is 12.5. The van der Waals surface area contributed by atoms with Gasteiger partial charge in [-0.25, -0.2) is 9.59 Å². The van der Waals surface area contributed by atoms with Gasteiger partial charge in [-0.05, 0) is 48.9 Å². The standard InChI is InChI=1S/C20H24N4O3/c1-15-4-3-5-18(14-15)23-10-12-24(13-11-23)19(25)21-16-6-8-17(9-7-16)22-20(26)27-2/h3-9,14H,10-13H2,1-2H3,(H,21,25)(H,22,26). The van der Waals surface area contributed by atoms with E-state index < -0.39 is 6.09 Å². The Labute approximate surface area is 158 Å². The number of nitrogens with one attached hydrogen (secondary N) is 2. The van der Waals surface area contributed by atoms with Crippen LogP contribution in [0.3, 0.4) is 0 Å². The molecule has 7 heteroatoms. The molecule has 0 saturated carbocycles. The third kappa shape index (κ3) is 4.91. The van der Waals surface area contributed by atoms with Gasteiger partial charge in [-0.3, -0.25) is 5.32 Å². The molecule has 1 heterocycles. The van der Waals surface area contributed by atoms with Crippen molar-refractivity contribution in [2.75, 3.05) is 48.8 Å². The van der Waals surface area contributed by atoms with E-state index in [1.54, 1.807) is 24.3 Å². The first-order valence-corrected chi connectivity index (χ1v) is 8.88. The molecular weight excluding hydrogens is 344 g/mol. The lowest BCUT2D eigenvalue weighted by Gasteiger charge is -2.36. The summed E-state index contributed by atoms with van der Waals surface area (Å²) in [5.74, 6) is 0. The van der Waals surface area contributed by atoms with Crippen molar-refractivity contribution < 1.29 is 14.3 Å². The zero-order chi connectivity index (χ0) is 19.2. The molecule has 1 saturated heterocycles. The van der Waals surface area contributed by atoms with Crippen LogP contribution in [0.5, 0.6) is 0 Å². The second-order valence-corrected chi connectivity index (χ2v) is 6.44. The molecular formula is C20H24N4O3. The third-order valence-electron chi connectivity index (χ3n) is 4.50. The lowest BCUT2D eigenvalue weighted by molar-refractivity contribution is 0.187. The molecule has 1 aliphatic heterocycles. The van der Waals surface area contributed by atoms with Crippen molar-refractivity contribution in [3.8, 4) is 0 Å². The van der Waals surface area contributed by atoms with Crippen molar-refractivity contribution in [2.24, 2.45) is 0 Å². The summed E-state index contributed by atoms with van der Waals surface area (Å²) >= 11 is 0. The van der Waals surface area contributed by atoms with Gasteiger partial charge in [0.2, 0.25) is 0 Å². The van der Waals surface area contributed by atoms with E-state index in [0.29, 0.717) is 24.5 Å². The molecule has 3 rings (SSSR count). The molecule has 0 unspecified atom stereocenters. The van der Waals surface area contributed by atoms with Gasteiger partial charge in [0, 0.05) is 43.2 Å². The fraction of sp³-hybridized carbons (Fsp3) is 0.300. The Morgan fingerprint density at radius 3 is 2.15 bits per heavy atom. The monoisotopic (exact) mass is 368 g/mol. The molecule has 1 fully saturated rings. The van der Waals surface area contributed by atoms with E-state index in [1.807, 2.05) is 4.90 Å². The highest BCUT2D eigenvalue weighted by molar-refractivity contribution is 5.90. The highest BCUT2D eigenvalue weighted by atomic mass is 16.5. The van der Waals surface area contributed by atoms with E-state index in [-0.39, 0.29) is 6.03 Å². The number of ether oxygens (including phenoxy) is 1. The molecule has 27 heavy (non-hydrogen) atoms. The molecule has 142 valence electrons. The van der Waals surface area contributed by atoms with Gasteiger partial charge in [-0.2, -0.15) is 0 Å². The number of carbonyl (C=O) groups is 2. The van der Waals surface area contributed by atoms with Crippen LogP contribution in [-0.2, 0) is 4.74 Å². The van der Waals surface area contributed by atoms with Crippen LogP contribution in [0, 0.1) is 6.92 Å². The predicted molar refractivity (Wildman–Crippen MR) is 106 cm³/mol. The Morgan fingerprint density at radius 2 is 1.56 bits per heavy atom. The molecule has 1 aliphatic rings. The number of benzene rings is 2. The van der Waals surface area contributed by atoms with Crippen molar-refractivity contribution in [1.82, 2.24) is 4.90 Å². The van der Waals surface area contributed by atoms with Gasteiger partial charge < -0.3 is 19.9 Å². The van der Waals surface area contributed by atoms with E-state index in [1.165, 1.54) is 18.4 Å². The molecule has 0 spiro atoms. The first kappa shape index (κ1) is 18.6. The number of rotatable bonds is 3. The maximum atomic E-state index is 12.5. The molecule has 2 N–H and O–H groups in total. The van der Waals surface area contributed by atoms with E-state index in [9.17, 15) is 9.59 Å². The number of piperazine rings is 1. The van der Waals surface area contributed by atoms with Crippen LogP contribution in [0.2, 0.25) is 0 Å². The molecule has 2 aromatic carbocycles. The van der Waals surface area contributed by atoms with Crippen molar-refractivity contribution in [3.63, 3.8) is 0 Å². The van der Waals surface area contributed by atoms with Crippen LogP contribution in [-0.4, -0.2) is 50.3 Å². The Kier molecular flexibility index (Phi) is 5.80. The van der Waals surface area contributed by atoms with Crippen LogP contribution < -0.4 is 15.5 Å². The van der Waals surface area contributed by atoms with Crippen molar-refractivity contribution in [2.45, 2.75) is 6.92 Å². The average molecular weight is 368 g/mol. The summed E-state index contributed by atoms with van der Waals surface area (Å²) in [5.41, 5.74) is 3.71. The van der Waals surface area contributed by atoms with Gasteiger partial charge in [0.1, 0.15) is 0 Å². The summed E-state index contributed by atoms with van der Waals surface area (Å²) in [6, 6.07) is 15.2. The fourth-order valence-corrected chi connectivity index (χ4v) is 3.00. The summed E-state index contributed by atoms with van der Waals surface area (Å²) in [5, 5.41) is 5.46. The highest BCUT2D eigenvalue weighted by Crippen LogP contribution is 2.19. The Bertz CT molecular complexity index is 799. The third-order valence-corrected chi connectivity index (χ3v) is 4.50. The number of hydrogen-bond acceptors (Lipinski definition) is 4. The number of amides is 3. The van der Waals surface area contributed by atoms with Gasteiger partial charge in [-0.15, -0.1) is 0 Å². The molecule has 0 bridgehead atoms. The number of urea groups is 1. The number of hydrogen-bond donors (Lipinski definition) is 2. The van der Waals surface area contributed by atoms with Gasteiger partial charge in [0.15, 0.2) is 0 Å². The van der Waals surface area contributed by atoms with Crippen LogP contribution >= 0.6 is 0 Å². The fourth-order valence-electron chi connectivity index (χ4n) is 3.00. The zero-order valence-corrected chi connectivity index (χ0v) is 15.6. The van der Waals surface area contributed by atoms with E-state index in [2.05, 4.69) is 51.5 Å². The van der Waals surface area contributed by atoms with Crippen LogP contribution in [0.25, 0.3) is 0 Å². The summed E-state index contributed by atoms with van der Waals surface area (Å²) in [7, 11) is 1.31. The smallest absolute Gasteiger partial charge is 0.411 e. The number of nitrogens with zero attached hydrogens (tertiary/aromatic N) is 2. The number of aryl methyl sites for hydroxylation is 1. The van der Waals surface area contributed by atoms with E-state index >= 15 is 0 Å². The summed E-state index contributed by atoms with van der Waals surface area (Å²) in [4.78, 5) is 27.8. The summed E-state index contributed by atoms with van der Waals surface area (Å²) in [6.45, 7) is 5.03. The number of methoxy groups -OCH3 is 1. The Morgan fingerprint density at radius 1 is 0.926 bits per heavy atom. The Balaban J connectivity index is 1.51. The number of anilines is 3. The summed E-state index contributed by atoms with van der Waals surface area (Å²) in [6.07, 6.45) is -0.529. The first-order chi connectivity index (χ1) is 13.0. The highest BCUT2D eigenvalue weighted by Gasteiger charge is 2.21. The maximum Gasteiger partial charge on any atom is 0.411 e. The van der Waals surface area contributed by atoms with Crippen molar-refractivity contribution in [3.05, 3.63) is 54.1 Å². The van der Waals surface area contributed by atoms with Gasteiger partial charge >= 0.3 is 12.1 Å². The Hall–Kier alpha value is -3.22. The molecule has 0 radical (unpaired) electrons. The molecule has 2 aromatic rings. The predicted octanol–water partition coefficient (Wildman–Crippen LogP) is 3.53. The molecule has 7 nitrogen and oxygen atoms in total. The minimum Gasteiger partial charge on any atom is -0.453 e. The second kappa shape index (κ2) is 8.44. The lowest BCUT2D eigenvalue weighted by atomic mass is 10.2. The number of carbonyl (C=O) groups excluding carboxylic acids is 2. The quantitative estimate of drug-likeness (QED) is 0.869. The van der Waals surface area contributed by atoms with Gasteiger partial charge in [0.25, 0.3) is 0 Å². The first-order valence-electron chi connectivity index (χ1n) is 8.88. The second-order valence-electron chi connectivity index (χ2n) is 6.44. The molecule has 3 amide bonds. The van der Waals surface area contributed by atoms with Crippen molar-refractivity contribution in [1.29, 1.82) is 0 Å². The van der Waals surface area contributed by atoms with Crippen LogP contribution in [0.1, 0.15) is 5.56 Å². The van der Waals surface area contributed by atoms with E-state index in [0.717, 1.165) is 13.1 Å². The van der Waals surface area contributed by atoms with E-state index in [4.69, 9.17) is 0 Å². The van der Waals surface area contributed by atoms with Crippen LogP contribution in [0.4, 0.5) is 26.7 Å². The SMILES string of the molecule is COC(=O)Nc1ccc(NC(=O)N2CCN(c3cccc(C)c3)CC2)cc1. The van der Waals surface area contributed by atoms with Crippen LogP contribution in [0.15, 0.2) is 48.5 Å². The largest absolute Gasteiger partial charge is 0.453 e. The normalized spacial score (nSPS) is 13.9. The zero-order valence-electron chi connectivity index (χ0n) is 15.6. The molecule has 0 aliphatic carbocycles. The minimum absolute atomic E-state index is 0.118. The lowest BCUT2D eigenvalue weighted by Crippen LogP contribution is -2.50. The van der Waals surface area contributed by atoms with Gasteiger partial charge in [0.05, 0.1) is 7.11 Å². The topological polar surface area (TPSA) is 73.9 Å². The average Bonchev–Trinajstić information content (AvgIpc) is 2.69.